The average Bonchev–Trinajstić information content (AvgIpc) is 2.37. The molecule has 0 aromatic heterocycles. The molecule has 0 radical (unpaired) electrons. The fraction of sp³-hybridized carbons (Fsp3) is 0.333. The van der Waals surface area contributed by atoms with Gasteiger partial charge in [-0.15, -0.1) is 0 Å². The number of benzene rings is 1. The van der Waals surface area contributed by atoms with Crippen LogP contribution in [0.2, 0.25) is 0 Å². The second-order valence-corrected chi connectivity index (χ2v) is 7.41. The van der Waals surface area contributed by atoms with Gasteiger partial charge in [0.2, 0.25) is 0 Å². The Hall–Kier alpha value is -1.41. The monoisotopic (exact) mass is 363 g/mol. The molecule has 0 saturated carbocycles. The third-order valence-electron chi connectivity index (χ3n) is 2.55. The van der Waals surface area contributed by atoms with E-state index in [1.807, 2.05) is 0 Å². The number of carbonyl (C=O) groups is 2. The van der Waals surface area contributed by atoms with Crippen LogP contribution in [0.4, 0.5) is 0 Å². The van der Waals surface area contributed by atoms with Crippen molar-refractivity contribution in [1.29, 1.82) is 0 Å². The van der Waals surface area contributed by atoms with Crippen molar-refractivity contribution in [1.82, 2.24) is 5.32 Å². The molecular weight excluding hydrogens is 350 g/mol. The van der Waals surface area contributed by atoms with Crippen molar-refractivity contribution in [3.63, 3.8) is 0 Å². The predicted octanol–water partition coefficient (Wildman–Crippen LogP) is 1.31. The van der Waals surface area contributed by atoms with Crippen LogP contribution in [0.15, 0.2) is 22.7 Å². The first-order valence-electron chi connectivity index (χ1n) is 5.77. The molecule has 1 aromatic carbocycles. The molecule has 0 spiro atoms. The summed E-state index contributed by atoms with van der Waals surface area (Å²) in [7, 11) is -3.15. The van der Waals surface area contributed by atoms with E-state index in [9.17, 15) is 18.0 Å². The highest BCUT2D eigenvalue weighted by Gasteiger charge is 2.13. The van der Waals surface area contributed by atoms with Crippen LogP contribution in [0.1, 0.15) is 27.6 Å². The Morgan fingerprint density at radius 2 is 1.85 bits per heavy atom. The highest BCUT2D eigenvalue weighted by atomic mass is 79.9. The summed E-state index contributed by atoms with van der Waals surface area (Å²) in [5, 5.41) is 11.3. The fourth-order valence-electron chi connectivity index (χ4n) is 1.41. The zero-order valence-corrected chi connectivity index (χ0v) is 13.1. The van der Waals surface area contributed by atoms with Gasteiger partial charge in [0.25, 0.3) is 5.91 Å². The highest BCUT2D eigenvalue weighted by molar-refractivity contribution is 9.10. The molecular formula is C12H14BrNO5S. The first-order chi connectivity index (χ1) is 9.25. The summed E-state index contributed by atoms with van der Waals surface area (Å²) < 4.78 is 23.0. The topological polar surface area (TPSA) is 101 Å². The number of carbonyl (C=O) groups excluding carboxylic acids is 1. The van der Waals surface area contributed by atoms with E-state index >= 15 is 0 Å². The van der Waals surface area contributed by atoms with E-state index in [-0.39, 0.29) is 29.2 Å². The van der Waals surface area contributed by atoms with Crippen molar-refractivity contribution < 1.29 is 23.1 Å². The fourth-order valence-corrected chi connectivity index (χ4v) is 2.61. The van der Waals surface area contributed by atoms with Gasteiger partial charge in [-0.3, -0.25) is 4.79 Å². The van der Waals surface area contributed by atoms with Crippen molar-refractivity contribution >= 4 is 37.6 Å². The molecule has 0 heterocycles. The van der Waals surface area contributed by atoms with Gasteiger partial charge >= 0.3 is 5.97 Å². The van der Waals surface area contributed by atoms with Crippen molar-refractivity contribution in [2.24, 2.45) is 0 Å². The first kappa shape index (κ1) is 16.6. The summed E-state index contributed by atoms with van der Waals surface area (Å²) in [4.78, 5) is 22.7. The van der Waals surface area contributed by atoms with Crippen LogP contribution in [0.3, 0.4) is 0 Å². The van der Waals surface area contributed by atoms with E-state index in [1.165, 1.54) is 25.1 Å². The van der Waals surface area contributed by atoms with Gasteiger partial charge in [0.1, 0.15) is 0 Å². The molecule has 6 nitrogen and oxygen atoms in total. The Morgan fingerprint density at radius 1 is 1.25 bits per heavy atom. The highest BCUT2D eigenvalue weighted by Crippen LogP contribution is 2.16. The minimum absolute atomic E-state index is 0.01000. The quantitative estimate of drug-likeness (QED) is 0.793. The van der Waals surface area contributed by atoms with E-state index < -0.39 is 21.7 Å². The molecule has 0 saturated heterocycles. The molecule has 20 heavy (non-hydrogen) atoms. The summed E-state index contributed by atoms with van der Waals surface area (Å²) in [5.74, 6) is -1.79. The number of nitrogens with one attached hydrogen (secondary N) is 1. The van der Waals surface area contributed by atoms with Gasteiger partial charge in [0.15, 0.2) is 9.84 Å². The van der Waals surface area contributed by atoms with Crippen LogP contribution in [-0.4, -0.2) is 43.5 Å². The Bertz CT molecular complexity index is 627. The molecule has 2 N–H and O–H groups in total. The number of hydrogen-bond donors (Lipinski definition) is 2. The lowest BCUT2D eigenvalue weighted by Gasteiger charge is -2.07. The van der Waals surface area contributed by atoms with Crippen LogP contribution >= 0.6 is 15.9 Å². The summed E-state index contributed by atoms with van der Waals surface area (Å²) in [6, 6.07) is 4.08. The molecule has 0 unspecified atom stereocenters. The molecule has 0 bridgehead atoms. The number of aromatic carboxylic acids is 1. The van der Waals surface area contributed by atoms with E-state index in [0.717, 1.165) is 0 Å². The summed E-state index contributed by atoms with van der Waals surface area (Å²) in [5.41, 5.74) is 0.136. The lowest BCUT2D eigenvalue weighted by molar-refractivity contribution is 0.0696. The first-order valence-corrected chi connectivity index (χ1v) is 8.39. The average molecular weight is 364 g/mol. The largest absolute Gasteiger partial charge is 0.478 e. The van der Waals surface area contributed by atoms with Gasteiger partial charge in [0.05, 0.1) is 11.3 Å². The maximum atomic E-state index is 11.8. The van der Waals surface area contributed by atoms with Gasteiger partial charge in [-0.25, -0.2) is 13.2 Å². The molecule has 1 amide bonds. The molecule has 0 fully saturated rings. The summed E-state index contributed by atoms with van der Waals surface area (Å²) in [6.07, 6.45) is 0. The van der Waals surface area contributed by atoms with Crippen LogP contribution in [-0.2, 0) is 9.84 Å². The standard InChI is InChI=1S/C12H14BrNO5S/c1-2-20(18,19)4-3-14-11(15)8-5-9(12(16)17)7-10(13)6-8/h5-7H,2-4H2,1H3,(H,14,15)(H,16,17). The van der Waals surface area contributed by atoms with E-state index in [2.05, 4.69) is 21.2 Å². The molecule has 8 heteroatoms. The van der Waals surface area contributed by atoms with Crippen LogP contribution in [0.25, 0.3) is 0 Å². The molecule has 1 rings (SSSR count). The van der Waals surface area contributed by atoms with E-state index in [4.69, 9.17) is 5.11 Å². The number of rotatable bonds is 6. The van der Waals surface area contributed by atoms with Crippen LogP contribution in [0.5, 0.6) is 0 Å². The number of amides is 1. The van der Waals surface area contributed by atoms with Crippen molar-refractivity contribution in [3.05, 3.63) is 33.8 Å². The molecule has 0 aliphatic carbocycles. The van der Waals surface area contributed by atoms with E-state index in [0.29, 0.717) is 4.47 Å². The number of sulfone groups is 1. The molecule has 0 atom stereocenters. The van der Waals surface area contributed by atoms with Crippen molar-refractivity contribution in [2.75, 3.05) is 18.1 Å². The molecule has 110 valence electrons. The zero-order chi connectivity index (χ0) is 15.3. The van der Waals surface area contributed by atoms with E-state index in [1.54, 1.807) is 0 Å². The normalized spacial score (nSPS) is 11.1. The SMILES string of the molecule is CCS(=O)(=O)CCNC(=O)c1cc(Br)cc(C(=O)O)c1. The number of halogens is 1. The van der Waals surface area contributed by atoms with Gasteiger partial charge in [-0.05, 0) is 18.2 Å². The third kappa shape index (κ3) is 4.93. The van der Waals surface area contributed by atoms with Crippen LogP contribution in [0, 0.1) is 0 Å². The van der Waals surface area contributed by atoms with Gasteiger partial charge in [-0.2, -0.15) is 0 Å². The zero-order valence-electron chi connectivity index (χ0n) is 10.7. The van der Waals surface area contributed by atoms with Crippen LogP contribution < -0.4 is 5.32 Å². The lowest BCUT2D eigenvalue weighted by atomic mass is 10.1. The van der Waals surface area contributed by atoms with Crippen molar-refractivity contribution in [2.45, 2.75) is 6.92 Å². The van der Waals surface area contributed by atoms with Gasteiger partial charge in [-0.1, -0.05) is 22.9 Å². The molecule has 0 aliphatic heterocycles. The molecule has 1 aromatic rings. The smallest absolute Gasteiger partial charge is 0.335 e. The molecule has 0 aliphatic rings. The van der Waals surface area contributed by atoms with Gasteiger partial charge in [0, 0.05) is 22.3 Å². The number of hydrogen-bond acceptors (Lipinski definition) is 4. The second-order valence-electron chi connectivity index (χ2n) is 4.03. The third-order valence-corrected chi connectivity index (χ3v) is 4.71. The summed E-state index contributed by atoms with van der Waals surface area (Å²) in [6.45, 7) is 1.52. The second kappa shape index (κ2) is 6.85. The lowest BCUT2D eigenvalue weighted by Crippen LogP contribution is -2.29. The Kier molecular flexibility index (Phi) is 5.70. The minimum atomic E-state index is -3.15. The Morgan fingerprint density at radius 3 is 2.40 bits per heavy atom. The Balaban J connectivity index is 2.76. The Labute approximate surface area is 125 Å². The summed E-state index contributed by atoms with van der Waals surface area (Å²) >= 11 is 3.12. The number of carboxylic acid groups (broad SMARTS) is 1. The number of carboxylic acids is 1. The van der Waals surface area contributed by atoms with Gasteiger partial charge < -0.3 is 10.4 Å². The minimum Gasteiger partial charge on any atom is -0.478 e. The van der Waals surface area contributed by atoms with Crippen molar-refractivity contribution in [3.8, 4) is 0 Å². The maximum Gasteiger partial charge on any atom is 0.335 e. The maximum absolute atomic E-state index is 11.8. The predicted molar refractivity (Wildman–Crippen MR) is 77.8 cm³/mol.